The van der Waals surface area contributed by atoms with Gasteiger partial charge in [0.2, 0.25) is 0 Å². The van der Waals surface area contributed by atoms with Crippen molar-refractivity contribution in [2.24, 2.45) is 0 Å². The van der Waals surface area contributed by atoms with Crippen molar-refractivity contribution in [2.75, 3.05) is 11.9 Å². The Bertz CT molecular complexity index is 851. The molecule has 1 aliphatic heterocycles. The van der Waals surface area contributed by atoms with Crippen LogP contribution in [0.5, 0.6) is 0 Å². The molecule has 0 saturated heterocycles. The average Bonchev–Trinajstić information content (AvgIpc) is 3.10. The zero-order chi connectivity index (χ0) is 15.1. The first-order valence-electron chi connectivity index (χ1n) is 7.42. The smallest absolute Gasteiger partial charge is 0.133 e. The number of anilines is 1. The molecule has 0 unspecified atom stereocenters. The third-order valence-electron chi connectivity index (χ3n) is 4.02. The van der Waals surface area contributed by atoms with Gasteiger partial charge in [-0.25, -0.2) is 4.68 Å². The van der Waals surface area contributed by atoms with Crippen LogP contribution in [-0.4, -0.2) is 16.3 Å². The fourth-order valence-corrected chi connectivity index (χ4v) is 3.21. The Morgan fingerprint density at radius 2 is 2.00 bits per heavy atom. The van der Waals surface area contributed by atoms with Gasteiger partial charge in [0, 0.05) is 17.7 Å². The van der Waals surface area contributed by atoms with Crippen molar-refractivity contribution in [1.29, 1.82) is 0 Å². The van der Waals surface area contributed by atoms with Crippen LogP contribution in [0.4, 0.5) is 5.82 Å². The second-order valence-electron chi connectivity index (χ2n) is 5.59. The number of aryl methyl sites for hydroxylation is 1. The average molecular weight is 310 g/mol. The van der Waals surface area contributed by atoms with E-state index in [0.717, 1.165) is 35.7 Å². The van der Waals surface area contributed by atoms with Crippen molar-refractivity contribution in [1.82, 2.24) is 9.78 Å². The zero-order valence-corrected chi connectivity index (χ0v) is 13.1. The molecule has 4 heteroatoms. The van der Waals surface area contributed by atoms with Crippen LogP contribution in [0.2, 0.25) is 5.02 Å². The Kier molecular flexibility index (Phi) is 3.16. The Morgan fingerprint density at radius 1 is 1.14 bits per heavy atom. The molecule has 0 bridgehead atoms. The van der Waals surface area contributed by atoms with Crippen molar-refractivity contribution in [3.8, 4) is 16.9 Å². The van der Waals surface area contributed by atoms with Crippen LogP contribution in [-0.2, 0) is 6.42 Å². The van der Waals surface area contributed by atoms with Gasteiger partial charge in [-0.15, -0.1) is 0 Å². The topological polar surface area (TPSA) is 29.9 Å². The molecule has 0 atom stereocenters. The van der Waals surface area contributed by atoms with Crippen molar-refractivity contribution in [3.05, 3.63) is 64.7 Å². The summed E-state index contributed by atoms with van der Waals surface area (Å²) in [7, 11) is 0. The number of aromatic nitrogens is 2. The molecule has 0 amide bonds. The van der Waals surface area contributed by atoms with Gasteiger partial charge in [-0.1, -0.05) is 47.5 Å². The number of nitrogens with one attached hydrogen (secondary N) is 1. The van der Waals surface area contributed by atoms with Crippen molar-refractivity contribution >= 4 is 17.4 Å². The summed E-state index contributed by atoms with van der Waals surface area (Å²) in [6.45, 7) is 3.05. The van der Waals surface area contributed by atoms with Gasteiger partial charge in [0.1, 0.15) is 5.82 Å². The maximum Gasteiger partial charge on any atom is 0.133 e. The minimum Gasteiger partial charge on any atom is -0.369 e. The van der Waals surface area contributed by atoms with Crippen molar-refractivity contribution < 1.29 is 0 Å². The fraction of sp³-hybridized carbons (Fsp3) is 0.167. The van der Waals surface area contributed by atoms with E-state index in [1.807, 2.05) is 28.9 Å². The molecular formula is C18H16ClN3. The number of hydrogen-bond donors (Lipinski definition) is 1. The monoisotopic (exact) mass is 309 g/mol. The third-order valence-corrected chi connectivity index (χ3v) is 4.34. The van der Waals surface area contributed by atoms with E-state index >= 15 is 0 Å². The predicted octanol–water partition coefficient (Wildman–Crippen LogP) is 4.47. The molecule has 110 valence electrons. The van der Waals surface area contributed by atoms with Crippen LogP contribution >= 0.6 is 11.6 Å². The third kappa shape index (κ3) is 2.09. The summed E-state index contributed by atoms with van der Waals surface area (Å²) in [5.74, 6) is 1.06. The zero-order valence-electron chi connectivity index (χ0n) is 12.3. The summed E-state index contributed by atoms with van der Waals surface area (Å²) in [5.41, 5.74) is 5.62. The number of para-hydroxylation sites is 1. The maximum atomic E-state index is 6.35. The lowest BCUT2D eigenvalue weighted by Gasteiger charge is -2.08. The van der Waals surface area contributed by atoms with Crippen LogP contribution in [0.3, 0.4) is 0 Å². The van der Waals surface area contributed by atoms with Gasteiger partial charge in [-0.2, -0.15) is 5.10 Å². The second-order valence-corrected chi connectivity index (χ2v) is 5.99. The number of rotatable bonds is 2. The van der Waals surface area contributed by atoms with E-state index in [1.165, 1.54) is 11.1 Å². The molecule has 2 aromatic carbocycles. The highest BCUT2D eigenvalue weighted by Gasteiger charge is 2.24. The lowest BCUT2D eigenvalue weighted by atomic mass is 10.0. The summed E-state index contributed by atoms with van der Waals surface area (Å²) >= 11 is 6.35. The Balaban J connectivity index is 1.93. The first-order valence-corrected chi connectivity index (χ1v) is 7.79. The van der Waals surface area contributed by atoms with E-state index in [1.54, 1.807) is 0 Å². The molecule has 0 aliphatic carbocycles. The molecule has 0 radical (unpaired) electrons. The maximum absolute atomic E-state index is 6.35. The largest absolute Gasteiger partial charge is 0.369 e. The van der Waals surface area contributed by atoms with E-state index in [9.17, 15) is 0 Å². The number of hydrogen-bond acceptors (Lipinski definition) is 2. The van der Waals surface area contributed by atoms with Crippen LogP contribution in [0.25, 0.3) is 16.9 Å². The molecule has 4 rings (SSSR count). The van der Waals surface area contributed by atoms with E-state index in [2.05, 4.69) is 36.5 Å². The van der Waals surface area contributed by atoms with Crippen LogP contribution < -0.4 is 5.32 Å². The predicted molar refractivity (Wildman–Crippen MR) is 90.9 cm³/mol. The van der Waals surface area contributed by atoms with Gasteiger partial charge in [-0.3, -0.25) is 0 Å². The molecule has 0 spiro atoms. The number of nitrogens with zero attached hydrogens (tertiary/aromatic N) is 2. The molecule has 0 fully saturated rings. The van der Waals surface area contributed by atoms with Gasteiger partial charge in [0.05, 0.1) is 16.4 Å². The number of halogens is 1. The first kappa shape index (κ1) is 13.4. The highest BCUT2D eigenvalue weighted by atomic mass is 35.5. The molecular weight excluding hydrogens is 294 g/mol. The normalized spacial score (nSPS) is 13.0. The summed E-state index contributed by atoms with van der Waals surface area (Å²) in [6.07, 6.45) is 0.989. The molecule has 22 heavy (non-hydrogen) atoms. The van der Waals surface area contributed by atoms with Crippen molar-refractivity contribution in [3.63, 3.8) is 0 Å². The summed E-state index contributed by atoms with van der Waals surface area (Å²) in [5, 5.41) is 8.99. The van der Waals surface area contributed by atoms with Gasteiger partial charge >= 0.3 is 0 Å². The summed E-state index contributed by atoms with van der Waals surface area (Å²) in [4.78, 5) is 0. The lowest BCUT2D eigenvalue weighted by molar-refractivity contribution is 0.882. The molecule has 2 heterocycles. The number of fused-ring (bicyclic) bond motifs is 1. The summed E-state index contributed by atoms with van der Waals surface area (Å²) in [6, 6.07) is 16.3. The van der Waals surface area contributed by atoms with Gasteiger partial charge in [0.15, 0.2) is 0 Å². The second kappa shape index (κ2) is 5.18. The van der Waals surface area contributed by atoms with Crippen LogP contribution in [0.1, 0.15) is 11.1 Å². The molecule has 3 aromatic rings. The van der Waals surface area contributed by atoms with Crippen molar-refractivity contribution in [2.45, 2.75) is 13.3 Å². The minimum atomic E-state index is 0.706. The molecule has 1 aliphatic rings. The van der Waals surface area contributed by atoms with E-state index in [0.29, 0.717) is 5.02 Å². The SMILES string of the molecule is Cc1cccc(-c2nn(-c3ccccc3Cl)c3c2CCN3)c1. The fourth-order valence-electron chi connectivity index (χ4n) is 3.00. The molecule has 0 saturated carbocycles. The highest BCUT2D eigenvalue weighted by Crippen LogP contribution is 2.36. The lowest BCUT2D eigenvalue weighted by Crippen LogP contribution is -2.04. The van der Waals surface area contributed by atoms with Crippen LogP contribution in [0, 0.1) is 6.92 Å². The molecule has 1 aromatic heterocycles. The first-order chi connectivity index (χ1) is 10.7. The van der Waals surface area contributed by atoms with Gasteiger partial charge in [0.25, 0.3) is 0 Å². The van der Waals surface area contributed by atoms with E-state index in [-0.39, 0.29) is 0 Å². The molecule has 3 nitrogen and oxygen atoms in total. The standard InChI is InChI=1S/C18H16ClN3/c1-12-5-4-6-13(11-12)17-14-9-10-20-18(14)22(21-17)16-8-3-2-7-15(16)19/h2-8,11,20H,9-10H2,1H3. The van der Waals surface area contributed by atoms with Crippen LogP contribution in [0.15, 0.2) is 48.5 Å². The Hall–Kier alpha value is -2.26. The highest BCUT2D eigenvalue weighted by molar-refractivity contribution is 6.32. The van der Waals surface area contributed by atoms with E-state index in [4.69, 9.17) is 16.7 Å². The van der Waals surface area contributed by atoms with E-state index < -0.39 is 0 Å². The summed E-state index contributed by atoms with van der Waals surface area (Å²) < 4.78 is 1.93. The van der Waals surface area contributed by atoms with Gasteiger partial charge < -0.3 is 5.32 Å². The quantitative estimate of drug-likeness (QED) is 0.757. The van der Waals surface area contributed by atoms with Gasteiger partial charge in [-0.05, 0) is 31.5 Å². The Labute approximate surface area is 134 Å². The molecule has 1 N–H and O–H groups in total. The Morgan fingerprint density at radius 3 is 2.82 bits per heavy atom. The minimum absolute atomic E-state index is 0.706. The number of benzene rings is 2.